The van der Waals surface area contributed by atoms with Crippen molar-refractivity contribution in [2.24, 2.45) is 0 Å². The van der Waals surface area contributed by atoms with E-state index in [1.54, 1.807) is 30.3 Å². The van der Waals surface area contributed by atoms with E-state index in [2.05, 4.69) is 31.9 Å². The number of carbonyl (C=O) groups is 1. The van der Waals surface area contributed by atoms with E-state index in [-0.39, 0.29) is 6.42 Å². The van der Waals surface area contributed by atoms with Gasteiger partial charge in [-0.25, -0.2) is 0 Å². The highest BCUT2D eigenvalue weighted by molar-refractivity contribution is 9.11. The summed E-state index contributed by atoms with van der Waals surface area (Å²) in [5.74, 6) is -0.106. The van der Waals surface area contributed by atoms with Crippen molar-refractivity contribution < 1.29 is 14.6 Å². The Labute approximate surface area is 138 Å². The lowest BCUT2D eigenvalue weighted by Crippen LogP contribution is -2.24. The van der Waals surface area contributed by atoms with Crippen molar-refractivity contribution in [1.29, 1.82) is 0 Å². The molecule has 0 radical (unpaired) electrons. The highest BCUT2D eigenvalue weighted by atomic mass is 79.9. The van der Waals surface area contributed by atoms with E-state index in [0.29, 0.717) is 37.4 Å². The molecule has 0 spiro atoms. The second-order valence-electron chi connectivity index (χ2n) is 4.33. The Kier molecular flexibility index (Phi) is 4.74. The molecular weight excluding hydrogens is 404 g/mol. The van der Waals surface area contributed by atoms with Gasteiger partial charge in [0.2, 0.25) is 0 Å². The van der Waals surface area contributed by atoms with E-state index < -0.39 is 5.97 Å². The zero-order valence-corrected chi connectivity index (χ0v) is 13.9. The van der Waals surface area contributed by atoms with Crippen LogP contribution >= 0.6 is 31.9 Å². The first-order chi connectivity index (χ1) is 9.86. The number of benzene rings is 2. The summed E-state index contributed by atoms with van der Waals surface area (Å²) in [7, 11) is 0. The third-order valence-corrected chi connectivity index (χ3v) is 3.86. The molecule has 0 aliphatic heterocycles. The average molecular weight is 415 g/mol. The average Bonchev–Trinajstić information content (AvgIpc) is 2.37. The summed E-state index contributed by atoms with van der Waals surface area (Å²) >= 11 is 6.71. The molecule has 0 saturated heterocycles. The summed E-state index contributed by atoms with van der Waals surface area (Å²) in [6.45, 7) is 0. The third-order valence-electron chi connectivity index (χ3n) is 2.68. The van der Waals surface area contributed by atoms with E-state index in [1.165, 1.54) is 0 Å². The Hall–Kier alpha value is -1.73. The number of rotatable bonds is 4. The topological polar surface area (TPSA) is 101 Å². The SMILES string of the molecule is Nc1ccc(Oc2c(Br)cc(CC(=O)[O-])cc2Br)cc1N. The Morgan fingerprint density at radius 1 is 1.10 bits per heavy atom. The van der Waals surface area contributed by atoms with Gasteiger partial charge in [-0.2, -0.15) is 0 Å². The number of nitrogens with two attached hydrogens (primary N) is 2. The van der Waals surface area contributed by atoms with E-state index >= 15 is 0 Å². The number of carbonyl (C=O) groups excluding carboxylic acids is 1. The molecule has 2 aromatic rings. The fourth-order valence-electron chi connectivity index (χ4n) is 1.71. The van der Waals surface area contributed by atoms with E-state index in [9.17, 15) is 9.90 Å². The van der Waals surface area contributed by atoms with Crippen LogP contribution in [0.25, 0.3) is 0 Å². The second kappa shape index (κ2) is 6.36. The molecule has 4 N–H and O–H groups in total. The molecule has 0 fully saturated rings. The van der Waals surface area contributed by atoms with Crippen molar-refractivity contribution in [3.8, 4) is 11.5 Å². The van der Waals surface area contributed by atoms with Crippen molar-refractivity contribution in [1.82, 2.24) is 0 Å². The molecule has 110 valence electrons. The van der Waals surface area contributed by atoms with Crippen molar-refractivity contribution in [2.75, 3.05) is 11.5 Å². The number of anilines is 2. The zero-order chi connectivity index (χ0) is 15.6. The summed E-state index contributed by atoms with van der Waals surface area (Å²) in [5.41, 5.74) is 12.9. The van der Waals surface area contributed by atoms with E-state index in [4.69, 9.17) is 16.2 Å². The molecule has 2 rings (SSSR count). The Morgan fingerprint density at radius 3 is 2.24 bits per heavy atom. The van der Waals surface area contributed by atoms with Crippen molar-refractivity contribution in [2.45, 2.75) is 6.42 Å². The number of nitrogen functional groups attached to an aromatic ring is 2. The van der Waals surface area contributed by atoms with Crippen LogP contribution in [0.5, 0.6) is 11.5 Å². The zero-order valence-electron chi connectivity index (χ0n) is 10.7. The molecule has 5 nitrogen and oxygen atoms in total. The first-order valence-electron chi connectivity index (χ1n) is 5.87. The second-order valence-corrected chi connectivity index (χ2v) is 6.04. The molecular formula is C14H11Br2N2O3-. The summed E-state index contributed by atoms with van der Waals surface area (Å²) in [5, 5.41) is 10.6. The minimum atomic E-state index is -1.14. The van der Waals surface area contributed by atoms with Crippen molar-refractivity contribution >= 4 is 49.2 Å². The van der Waals surface area contributed by atoms with Crippen LogP contribution in [0, 0.1) is 0 Å². The Morgan fingerprint density at radius 2 is 1.71 bits per heavy atom. The molecule has 2 aromatic carbocycles. The lowest BCUT2D eigenvalue weighted by atomic mass is 10.1. The highest BCUT2D eigenvalue weighted by Gasteiger charge is 2.11. The van der Waals surface area contributed by atoms with Crippen LogP contribution in [0.4, 0.5) is 11.4 Å². The van der Waals surface area contributed by atoms with Crippen LogP contribution < -0.4 is 21.3 Å². The minimum absolute atomic E-state index is 0.174. The van der Waals surface area contributed by atoms with E-state index in [1.807, 2.05) is 0 Å². The maximum Gasteiger partial charge on any atom is 0.155 e. The lowest BCUT2D eigenvalue weighted by Gasteiger charge is -2.13. The monoisotopic (exact) mass is 413 g/mol. The summed E-state index contributed by atoms with van der Waals surface area (Å²) in [6, 6.07) is 8.28. The fourth-order valence-corrected chi connectivity index (χ4v) is 3.16. The fraction of sp³-hybridized carbons (Fsp3) is 0.0714. The molecule has 0 unspecified atom stereocenters. The van der Waals surface area contributed by atoms with Crippen LogP contribution in [-0.2, 0) is 11.2 Å². The van der Waals surface area contributed by atoms with Gasteiger partial charge in [0, 0.05) is 18.5 Å². The van der Waals surface area contributed by atoms with Gasteiger partial charge < -0.3 is 26.1 Å². The van der Waals surface area contributed by atoms with Gasteiger partial charge in [-0.15, -0.1) is 0 Å². The molecule has 0 amide bonds. The number of hydrogen-bond donors (Lipinski definition) is 2. The van der Waals surface area contributed by atoms with Crippen molar-refractivity contribution in [3.05, 3.63) is 44.8 Å². The third kappa shape index (κ3) is 3.89. The number of aliphatic carboxylic acids is 1. The van der Waals surface area contributed by atoms with Crippen LogP contribution in [0.15, 0.2) is 39.3 Å². The standard InChI is InChI=1S/C14H12Br2N2O3/c15-9-3-7(5-13(19)20)4-10(16)14(9)21-8-1-2-11(17)12(18)6-8/h1-4,6H,5,17-18H2,(H,19,20)/p-1. The van der Waals surface area contributed by atoms with Gasteiger partial charge in [0.25, 0.3) is 0 Å². The Balaban J connectivity index is 2.31. The number of carboxylic acid groups (broad SMARTS) is 1. The predicted molar refractivity (Wildman–Crippen MR) is 85.9 cm³/mol. The normalized spacial score (nSPS) is 10.4. The van der Waals surface area contributed by atoms with Gasteiger partial charge in [-0.05, 0) is 61.7 Å². The molecule has 7 heteroatoms. The number of hydrogen-bond acceptors (Lipinski definition) is 5. The van der Waals surface area contributed by atoms with Gasteiger partial charge in [0.05, 0.1) is 20.3 Å². The smallest absolute Gasteiger partial charge is 0.155 e. The van der Waals surface area contributed by atoms with Gasteiger partial charge in [0.1, 0.15) is 5.75 Å². The number of ether oxygens (including phenoxy) is 1. The van der Waals surface area contributed by atoms with Gasteiger partial charge >= 0.3 is 0 Å². The molecule has 0 atom stereocenters. The maximum absolute atomic E-state index is 10.6. The van der Waals surface area contributed by atoms with Gasteiger partial charge in [-0.3, -0.25) is 0 Å². The first kappa shape index (κ1) is 15.7. The highest BCUT2D eigenvalue weighted by Crippen LogP contribution is 2.38. The molecule has 21 heavy (non-hydrogen) atoms. The number of carboxylic acids is 1. The number of halogens is 2. The first-order valence-corrected chi connectivity index (χ1v) is 7.46. The molecule has 0 aliphatic carbocycles. The lowest BCUT2D eigenvalue weighted by molar-refractivity contribution is -0.304. The predicted octanol–water partition coefficient (Wildman–Crippen LogP) is 2.46. The van der Waals surface area contributed by atoms with Crippen molar-refractivity contribution in [3.63, 3.8) is 0 Å². The summed E-state index contributed by atoms with van der Waals surface area (Å²) in [4.78, 5) is 10.6. The van der Waals surface area contributed by atoms with E-state index in [0.717, 1.165) is 0 Å². The van der Waals surface area contributed by atoms with Crippen LogP contribution in [0.2, 0.25) is 0 Å². The molecule has 0 bridgehead atoms. The molecule has 0 saturated carbocycles. The molecule has 0 aliphatic rings. The van der Waals surface area contributed by atoms with Crippen LogP contribution in [0.3, 0.4) is 0 Å². The van der Waals surface area contributed by atoms with Gasteiger partial charge in [0.15, 0.2) is 5.75 Å². The minimum Gasteiger partial charge on any atom is -0.550 e. The molecule has 0 aromatic heterocycles. The quantitative estimate of drug-likeness (QED) is 0.748. The molecule has 0 heterocycles. The van der Waals surface area contributed by atoms with Crippen LogP contribution in [0.1, 0.15) is 5.56 Å². The maximum atomic E-state index is 10.6. The largest absolute Gasteiger partial charge is 0.550 e. The Bertz CT molecular complexity index is 682. The summed E-state index contributed by atoms with van der Waals surface area (Å²) < 4.78 is 6.97. The van der Waals surface area contributed by atoms with Gasteiger partial charge in [-0.1, -0.05) is 0 Å². The van der Waals surface area contributed by atoms with Crippen LogP contribution in [-0.4, -0.2) is 5.97 Å². The summed E-state index contributed by atoms with van der Waals surface area (Å²) in [6.07, 6.45) is -0.174.